The summed E-state index contributed by atoms with van der Waals surface area (Å²) in [6.07, 6.45) is 4.06. The standard InChI is InChI=1S/C20H27N3O2/c1-20(2,3)13-14-7-6-12-23(14)18(24)11-10-17-21-16-9-5-4-8-15(16)19(25)22-17/h4-5,8-9,14H,6-7,10-13H2,1-3H3,(H,21,22,25)/t14-/m0/s1. The minimum absolute atomic E-state index is 0.139. The van der Waals surface area contributed by atoms with E-state index in [1.54, 1.807) is 6.07 Å². The van der Waals surface area contributed by atoms with Crippen LogP contribution in [0.5, 0.6) is 0 Å². The molecule has 5 nitrogen and oxygen atoms in total. The Morgan fingerprint density at radius 1 is 1.32 bits per heavy atom. The third kappa shape index (κ3) is 4.27. The topological polar surface area (TPSA) is 66.1 Å². The summed E-state index contributed by atoms with van der Waals surface area (Å²) < 4.78 is 0. The van der Waals surface area contributed by atoms with Gasteiger partial charge >= 0.3 is 0 Å². The predicted octanol–water partition coefficient (Wildman–Crippen LogP) is 3.28. The third-order valence-corrected chi connectivity index (χ3v) is 4.78. The van der Waals surface area contributed by atoms with Gasteiger partial charge in [0.2, 0.25) is 5.91 Å². The van der Waals surface area contributed by atoms with Gasteiger partial charge in [-0.3, -0.25) is 9.59 Å². The molecule has 134 valence electrons. The first-order valence-electron chi connectivity index (χ1n) is 9.11. The Balaban J connectivity index is 1.67. The first-order valence-corrected chi connectivity index (χ1v) is 9.11. The molecule has 0 aliphatic carbocycles. The molecule has 1 fully saturated rings. The van der Waals surface area contributed by atoms with Crippen molar-refractivity contribution >= 4 is 16.8 Å². The van der Waals surface area contributed by atoms with E-state index in [1.807, 2.05) is 23.1 Å². The number of nitrogens with one attached hydrogen (secondary N) is 1. The number of amides is 1. The van der Waals surface area contributed by atoms with Crippen LogP contribution < -0.4 is 5.56 Å². The molecule has 1 aromatic carbocycles. The molecule has 1 aromatic heterocycles. The van der Waals surface area contributed by atoms with E-state index in [2.05, 4.69) is 30.7 Å². The van der Waals surface area contributed by atoms with Crippen molar-refractivity contribution in [3.8, 4) is 0 Å². The van der Waals surface area contributed by atoms with Gasteiger partial charge in [-0.2, -0.15) is 0 Å². The highest BCUT2D eigenvalue weighted by Crippen LogP contribution is 2.30. The molecule has 0 saturated carbocycles. The first-order chi connectivity index (χ1) is 11.8. The highest BCUT2D eigenvalue weighted by Gasteiger charge is 2.31. The Bertz CT molecular complexity index is 820. The fourth-order valence-electron chi connectivity index (χ4n) is 3.71. The zero-order valence-electron chi connectivity index (χ0n) is 15.3. The van der Waals surface area contributed by atoms with Gasteiger partial charge in [-0.05, 0) is 36.8 Å². The molecule has 1 N–H and O–H groups in total. The normalized spacial score (nSPS) is 18.0. The maximum absolute atomic E-state index is 12.7. The molecule has 0 unspecified atom stereocenters. The van der Waals surface area contributed by atoms with Crippen LogP contribution in [0.1, 0.15) is 52.3 Å². The summed E-state index contributed by atoms with van der Waals surface area (Å²) in [4.78, 5) is 34.1. The van der Waals surface area contributed by atoms with E-state index < -0.39 is 0 Å². The number of H-pyrrole nitrogens is 1. The Labute approximate surface area is 148 Å². The number of hydrogen-bond donors (Lipinski definition) is 1. The van der Waals surface area contributed by atoms with Crippen molar-refractivity contribution in [3.05, 3.63) is 40.4 Å². The van der Waals surface area contributed by atoms with Crippen LogP contribution in [0.25, 0.3) is 10.9 Å². The summed E-state index contributed by atoms with van der Waals surface area (Å²) in [6.45, 7) is 7.51. The molecule has 3 rings (SSSR count). The van der Waals surface area contributed by atoms with Gasteiger partial charge in [-0.1, -0.05) is 32.9 Å². The number of nitrogens with zero attached hydrogens (tertiary/aromatic N) is 2. The van der Waals surface area contributed by atoms with Crippen LogP contribution >= 0.6 is 0 Å². The molecule has 0 spiro atoms. The number of aromatic nitrogens is 2. The highest BCUT2D eigenvalue weighted by molar-refractivity contribution is 5.78. The quantitative estimate of drug-likeness (QED) is 0.928. The van der Waals surface area contributed by atoms with Gasteiger partial charge < -0.3 is 9.88 Å². The second-order valence-electron chi connectivity index (χ2n) is 8.18. The highest BCUT2D eigenvalue weighted by atomic mass is 16.2. The van der Waals surface area contributed by atoms with Crippen molar-refractivity contribution in [2.24, 2.45) is 5.41 Å². The lowest BCUT2D eigenvalue weighted by Gasteiger charge is -2.30. The van der Waals surface area contributed by atoms with Gasteiger partial charge in [-0.25, -0.2) is 4.98 Å². The van der Waals surface area contributed by atoms with Crippen molar-refractivity contribution in [3.63, 3.8) is 0 Å². The van der Waals surface area contributed by atoms with E-state index in [1.165, 1.54) is 0 Å². The molecule has 1 amide bonds. The van der Waals surface area contributed by atoms with Crippen molar-refractivity contribution in [2.75, 3.05) is 6.54 Å². The van der Waals surface area contributed by atoms with Crippen LogP contribution in [-0.2, 0) is 11.2 Å². The third-order valence-electron chi connectivity index (χ3n) is 4.78. The van der Waals surface area contributed by atoms with E-state index in [0.717, 1.165) is 25.8 Å². The maximum atomic E-state index is 12.7. The van der Waals surface area contributed by atoms with E-state index in [-0.39, 0.29) is 16.9 Å². The average Bonchev–Trinajstić information content (AvgIpc) is 2.99. The van der Waals surface area contributed by atoms with Crippen molar-refractivity contribution < 1.29 is 4.79 Å². The number of fused-ring (bicyclic) bond motifs is 1. The lowest BCUT2D eigenvalue weighted by molar-refractivity contribution is -0.132. The van der Waals surface area contributed by atoms with Gasteiger partial charge in [-0.15, -0.1) is 0 Å². The molecular weight excluding hydrogens is 314 g/mol. The number of rotatable bonds is 4. The molecule has 25 heavy (non-hydrogen) atoms. The van der Waals surface area contributed by atoms with Crippen LogP contribution in [0, 0.1) is 5.41 Å². The van der Waals surface area contributed by atoms with Gasteiger partial charge in [0, 0.05) is 25.4 Å². The summed E-state index contributed by atoms with van der Waals surface area (Å²) in [7, 11) is 0. The van der Waals surface area contributed by atoms with Crippen molar-refractivity contribution in [1.29, 1.82) is 0 Å². The molecule has 0 bridgehead atoms. The van der Waals surface area contributed by atoms with Crippen LogP contribution in [0.2, 0.25) is 0 Å². The zero-order valence-corrected chi connectivity index (χ0v) is 15.3. The van der Waals surface area contributed by atoms with E-state index in [0.29, 0.717) is 35.6 Å². The van der Waals surface area contributed by atoms with Crippen molar-refractivity contribution in [1.82, 2.24) is 14.9 Å². The molecule has 1 atom stereocenters. The van der Waals surface area contributed by atoms with Crippen LogP contribution in [0.4, 0.5) is 0 Å². The van der Waals surface area contributed by atoms with Crippen LogP contribution in [0.3, 0.4) is 0 Å². The SMILES string of the molecule is CC(C)(C)C[C@@H]1CCCN1C(=O)CCc1nc2ccccc2c(=O)[nH]1. The molecule has 5 heteroatoms. The lowest BCUT2D eigenvalue weighted by Crippen LogP contribution is -2.37. The smallest absolute Gasteiger partial charge is 0.258 e. The summed E-state index contributed by atoms with van der Waals surface area (Å²) in [5.74, 6) is 0.756. The molecule has 1 aliphatic heterocycles. The fourth-order valence-corrected chi connectivity index (χ4v) is 3.71. The van der Waals surface area contributed by atoms with E-state index in [9.17, 15) is 9.59 Å². The minimum atomic E-state index is -0.139. The second-order valence-corrected chi connectivity index (χ2v) is 8.18. The summed E-state index contributed by atoms with van der Waals surface area (Å²) in [5, 5.41) is 0.586. The zero-order chi connectivity index (χ0) is 18.0. The van der Waals surface area contributed by atoms with Gasteiger partial charge in [0.25, 0.3) is 5.56 Å². The summed E-state index contributed by atoms with van der Waals surface area (Å²) in [5.41, 5.74) is 0.763. The first kappa shape index (κ1) is 17.6. The second kappa shape index (κ2) is 6.98. The van der Waals surface area contributed by atoms with Crippen molar-refractivity contribution in [2.45, 2.75) is 58.9 Å². The Hall–Kier alpha value is -2.17. The molecule has 2 aromatic rings. The lowest BCUT2D eigenvalue weighted by atomic mass is 9.87. The summed E-state index contributed by atoms with van der Waals surface area (Å²) >= 11 is 0. The van der Waals surface area contributed by atoms with Gasteiger partial charge in [0.1, 0.15) is 5.82 Å². The Morgan fingerprint density at radius 3 is 2.84 bits per heavy atom. The molecular formula is C20H27N3O2. The Morgan fingerprint density at radius 2 is 2.08 bits per heavy atom. The number of aryl methyl sites for hydroxylation is 1. The monoisotopic (exact) mass is 341 g/mol. The van der Waals surface area contributed by atoms with E-state index >= 15 is 0 Å². The number of benzene rings is 1. The fraction of sp³-hybridized carbons (Fsp3) is 0.550. The number of para-hydroxylation sites is 1. The number of carbonyl (C=O) groups excluding carboxylic acids is 1. The molecule has 1 saturated heterocycles. The largest absolute Gasteiger partial charge is 0.340 e. The van der Waals surface area contributed by atoms with E-state index in [4.69, 9.17) is 0 Å². The number of carbonyl (C=O) groups is 1. The minimum Gasteiger partial charge on any atom is -0.340 e. The number of aromatic amines is 1. The predicted molar refractivity (Wildman–Crippen MR) is 99.5 cm³/mol. The average molecular weight is 341 g/mol. The maximum Gasteiger partial charge on any atom is 0.258 e. The van der Waals surface area contributed by atoms with Gasteiger partial charge in [0.05, 0.1) is 10.9 Å². The Kier molecular flexibility index (Phi) is 4.93. The van der Waals surface area contributed by atoms with Crippen LogP contribution in [0.15, 0.2) is 29.1 Å². The summed E-state index contributed by atoms with van der Waals surface area (Å²) in [6, 6.07) is 7.62. The van der Waals surface area contributed by atoms with Gasteiger partial charge in [0.15, 0.2) is 0 Å². The molecule has 0 radical (unpaired) electrons. The number of hydrogen-bond acceptors (Lipinski definition) is 3. The molecule has 1 aliphatic rings. The molecule has 2 heterocycles. The van der Waals surface area contributed by atoms with Crippen LogP contribution in [-0.4, -0.2) is 33.4 Å². The number of likely N-dealkylation sites (tertiary alicyclic amines) is 1.